The monoisotopic (exact) mass is 990 g/mol. The topological polar surface area (TPSA) is 106 Å². The van der Waals surface area contributed by atoms with Crippen LogP contribution >= 0.6 is 46.4 Å². The minimum Gasteiger partial charge on any atom is -0.444 e. The highest BCUT2D eigenvalue weighted by Crippen LogP contribution is 2.38. The van der Waals surface area contributed by atoms with Gasteiger partial charge in [-0.15, -0.1) is 0 Å². The van der Waals surface area contributed by atoms with Crippen LogP contribution in [0.15, 0.2) is 36.4 Å². The Bertz CT molecular complexity index is 1910. The van der Waals surface area contributed by atoms with Gasteiger partial charge in [0, 0.05) is 38.3 Å². The third-order valence-electron chi connectivity index (χ3n) is 14.1. The quantitative estimate of drug-likeness (QED) is 0.282. The zero-order valence-corrected chi connectivity index (χ0v) is 42.7. The molecule has 4 amide bonds. The van der Waals surface area contributed by atoms with Crippen molar-refractivity contribution in [1.29, 1.82) is 0 Å². The smallest absolute Gasteiger partial charge is 0.410 e. The summed E-state index contributed by atoms with van der Waals surface area (Å²) in [5.41, 5.74) is 0.621. The van der Waals surface area contributed by atoms with E-state index in [-0.39, 0.29) is 73.1 Å². The van der Waals surface area contributed by atoms with Gasteiger partial charge in [0.1, 0.15) is 11.2 Å². The van der Waals surface area contributed by atoms with Gasteiger partial charge in [0.25, 0.3) is 0 Å². The van der Waals surface area contributed by atoms with Crippen LogP contribution in [0.4, 0.5) is 9.59 Å². The summed E-state index contributed by atoms with van der Waals surface area (Å²) in [6.45, 7) is 17.7. The maximum Gasteiger partial charge on any atom is 0.410 e. The lowest BCUT2D eigenvalue weighted by Crippen LogP contribution is -2.69. The van der Waals surface area contributed by atoms with Gasteiger partial charge in [0.05, 0.1) is 57.1 Å². The lowest BCUT2D eigenvalue weighted by Gasteiger charge is -2.54. The first kappa shape index (κ1) is 50.9. The summed E-state index contributed by atoms with van der Waals surface area (Å²) >= 11 is 24.5. The first-order valence-electron chi connectivity index (χ1n) is 24.2. The highest BCUT2D eigenvalue weighted by atomic mass is 35.5. The van der Waals surface area contributed by atoms with Crippen molar-refractivity contribution in [2.45, 2.75) is 166 Å². The zero-order valence-electron chi connectivity index (χ0n) is 39.7. The van der Waals surface area contributed by atoms with Crippen LogP contribution in [0.25, 0.3) is 0 Å². The van der Waals surface area contributed by atoms with E-state index in [1.54, 1.807) is 24.3 Å². The Kier molecular flexibility index (Phi) is 16.8. The molecule has 6 aliphatic rings. The Hall–Kier alpha value is -3.00. The number of amides is 4. The second kappa shape index (κ2) is 21.7. The summed E-state index contributed by atoms with van der Waals surface area (Å²) in [4.78, 5) is 66.3. The molecule has 4 saturated heterocycles. The molecular formula is C50H70Cl4N6O6. The standard InChI is InChI=1S/2C25H35Cl2N3O3/c2*1-25(2,3)33-24(32)29-13-14-30(22(31)16-17-9-10-18(26)19(27)15-17)23-20(7-6-8-21(23)29)28-11-4-5-12-28/h2*9-10,15,20-21,23H,4-8,11-14,16H2,1-3H3/t2*20-,21+,23-/m10/s1. The van der Waals surface area contributed by atoms with E-state index in [1.807, 2.05) is 73.3 Å². The van der Waals surface area contributed by atoms with Crippen LogP contribution in [-0.4, -0.2) is 153 Å². The number of fused-ring (bicyclic) bond motifs is 2. The summed E-state index contributed by atoms with van der Waals surface area (Å²) in [5.74, 6) is 0.164. The van der Waals surface area contributed by atoms with Gasteiger partial charge >= 0.3 is 12.2 Å². The SMILES string of the molecule is CC(C)(C)OC(=O)N1CCN(C(=O)Cc2ccc(Cl)c(Cl)c2)[C@@H]2[C@H](N3CCCC3)CCC[C@@H]21.CC(C)(C)OC(=O)N1CCN(C(=O)Cc2ccc(Cl)c(Cl)c2)[C@@H]2[C@H]1CCC[C@@H]2N1CCCC1. The van der Waals surface area contributed by atoms with Crippen molar-refractivity contribution in [2.75, 3.05) is 52.4 Å². The third-order valence-corrected chi connectivity index (χ3v) is 15.5. The molecule has 4 aliphatic heterocycles. The Labute approximate surface area is 412 Å². The first-order chi connectivity index (χ1) is 31.3. The van der Waals surface area contributed by atoms with Gasteiger partial charge in [0.15, 0.2) is 0 Å². The van der Waals surface area contributed by atoms with Gasteiger partial charge in [-0.3, -0.25) is 19.4 Å². The predicted molar refractivity (Wildman–Crippen MR) is 262 cm³/mol. The van der Waals surface area contributed by atoms with E-state index >= 15 is 0 Å². The van der Waals surface area contributed by atoms with E-state index in [0.29, 0.717) is 46.3 Å². The van der Waals surface area contributed by atoms with Crippen molar-refractivity contribution >= 4 is 70.4 Å². The number of carbonyl (C=O) groups excluding carboxylic acids is 4. The highest BCUT2D eigenvalue weighted by Gasteiger charge is 2.51. The number of ether oxygens (including phenoxy) is 2. The second-order valence-corrected chi connectivity index (χ2v) is 22.6. The van der Waals surface area contributed by atoms with Gasteiger partial charge in [0.2, 0.25) is 11.8 Å². The maximum atomic E-state index is 13.6. The number of halogens is 4. The van der Waals surface area contributed by atoms with Crippen LogP contribution in [0.2, 0.25) is 20.1 Å². The van der Waals surface area contributed by atoms with Crippen LogP contribution in [0.1, 0.15) is 117 Å². The van der Waals surface area contributed by atoms with E-state index in [2.05, 4.69) is 9.80 Å². The van der Waals surface area contributed by atoms with E-state index < -0.39 is 11.2 Å². The number of hydrogen-bond donors (Lipinski definition) is 0. The largest absolute Gasteiger partial charge is 0.444 e. The molecule has 0 aromatic heterocycles. The van der Waals surface area contributed by atoms with Gasteiger partial charge in [-0.2, -0.15) is 0 Å². The molecular weight excluding hydrogens is 922 g/mol. The highest BCUT2D eigenvalue weighted by molar-refractivity contribution is 6.42. The Balaban J connectivity index is 0.000000196. The molecule has 0 bridgehead atoms. The fourth-order valence-corrected chi connectivity index (χ4v) is 12.0. The Morgan fingerprint density at radius 1 is 0.470 bits per heavy atom. The number of piperazine rings is 2. The number of carbonyl (C=O) groups is 4. The third kappa shape index (κ3) is 12.4. The number of nitrogens with zero attached hydrogens (tertiary/aromatic N) is 6. The average molecular weight is 993 g/mol. The summed E-state index contributed by atoms with van der Waals surface area (Å²) in [6, 6.07) is 11.2. The molecule has 8 rings (SSSR count). The van der Waals surface area contributed by atoms with Gasteiger partial charge in [-0.1, -0.05) is 58.5 Å². The van der Waals surface area contributed by atoms with Crippen molar-refractivity contribution in [1.82, 2.24) is 29.4 Å². The van der Waals surface area contributed by atoms with Crippen LogP contribution in [0.3, 0.4) is 0 Å². The average Bonchev–Trinajstić information content (AvgIpc) is 4.00. The van der Waals surface area contributed by atoms with E-state index in [1.165, 1.54) is 25.7 Å². The maximum absolute atomic E-state index is 13.6. The molecule has 2 aliphatic carbocycles. The van der Waals surface area contributed by atoms with Crippen molar-refractivity contribution < 1.29 is 28.7 Å². The van der Waals surface area contributed by atoms with Crippen molar-refractivity contribution in [3.8, 4) is 0 Å². The molecule has 4 heterocycles. The van der Waals surface area contributed by atoms with Gasteiger partial charge in [-0.05, 0) is 167 Å². The second-order valence-electron chi connectivity index (χ2n) is 21.0. The molecule has 16 heteroatoms. The van der Waals surface area contributed by atoms with Crippen LogP contribution in [0, 0.1) is 0 Å². The molecule has 2 aromatic carbocycles. The summed E-state index contributed by atoms with van der Waals surface area (Å²) < 4.78 is 11.5. The molecule has 0 spiro atoms. The summed E-state index contributed by atoms with van der Waals surface area (Å²) in [7, 11) is 0. The number of benzene rings is 2. The van der Waals surface area contributed by atoms with E-state index in [0.717, 1.165) is 75.8 Å². The first-order valence-corrected chi connectivity index (χ1v) is 25.7. The fourth-order valence-electron chi connectivity index (χ4n) is 11.3. The molecule has 0 radical (unpaired) electrons. The lowest BCUT2D eigenvalue weighted by atomic mass is 9.81. The zero-order chi connectivity index (χ0) is 47.5. The summed E-state index contributed by atoms with van der Waals surface area (Å²) in [6.07, 6.45) is 10.8. The fraction of sp³-hybridized carbons (Fsp3) is 0.680. The molecule has 6 atom stereocenters. The Morgan fingerprint density at radius 3 is 1.14 bits per heavy atom. The van der Waals surface area contributed by atoms with Crippen LogP contribution in [-0.2, 0) is 31.9 Å². The van der Waals surface area contributed by atoms with E-state index in [9.17, 15) is 19.2 Å². The molecule has 0 unspecified atom stereocenters. The summed E-state index contributed by atoms with van der Waals surface area (Å²) in [5, 5.41) is 1.89. The van der Waals surface area contributed by atoms with E-state index in [4.69, 9.17) is 55.9 Å². The molecule has 2 saturated carbocycles. The Morgan fingerprint density at radius 2 is 0.803 bits per heavy atom. The number of rotatable bonds is 6. The van der Waals surface area contributed by atoms with Gasteiger partial charge < -0.3 is 29.1 Å². The molecule has 0 N–H and O–H groups in total. The van der Waals surface area contributed by atoms with Crippen molar-refractivity contribution in [3.63, 3.8) is 0 Å². The van der Waals surface area contributed by atoms with Crippen LogP contribution < -0.4 is 0 Å². The van der Waals surface area contributed by atoms with Gasteiger partial charge in [-0.25, -0.2) is 9.59 Å². The minimum atomic E-state index is -0.545. The lowest BCUT2D eigenvalue weighted by molar-refractivity contribution is -0.143. The van der Waals surface area contributed by atoms with Crippen molar-refractivity contribution in [2.24, 2.45) is 0 Å². The molecule has 364 valence electrons. The number of likely N-dealkylation sites (tertiary alicyclic amines) is 2. The molecule has 2 aromatic rings. The molecule has 12 nitrogen and oxygen atoms in total. The normalized spacial score (nSPS) is 26.3. The molecule has 6 fully saturated rings. The number of hydrogen-bond acceptors (Lipinski definition) is 8. The van der Waals surface area contributed by atoms with Crippen molar-refractivity contribution in [3.05, 3.63) is 67.6 Å². The molecule has 66 heavy (non-hydrogen) atoms. The minimum absolute atomic E-state index is 0.0200. The van der Waals surface area contributed by atoms with Crippen LogP contribution in [0.5, 0.6) is 0 Å². The predicted octanol–water partition coefficient (Wildman–Crippen LogP) is 10.0.